The summed E-state index contributed by atoms with van der Waals surface area (Å²) in [5.41, 5.74) is 0.840. The molecule has 0 radical (unpaired) electrons. The summed E-state index contributed by atoms with van der Waals surface area (Å²) < 4.78 is 27.9. The lowest BCUT2D eigenvalue weighted by molar-refractivity contribution is 0.559. The smallest absolute Gasteiger partial charge is 0.131 e. The molecule has 0 bridgehead atoms. The summed E-state index contributed by atoms with van der Waals surface area (Å²) in [5, 5.41) is 0. The van der Waals surface area contributed by atoms with Gasteiger partial charge in [0, 0.05) is 10.0 Å². The fourth-order valence-electron chi connectivity index (χ4n) is 1.58. The molecule has 0 aliphatic heterocycles. The molecule has 2 rings (SSSR count). The van der Waals surface area contributed by atoms with Gasteiger partial charge in [0.05, 0.1) is 4.83 Å². The highest BCUT2D eigenvalue weighted by molar-refractivity contribution is 9.10. The van der Waals surface area contributed by atoms with Crippen molar-refractivity contribution < 1.29 is 8.78 Å². The van der Waals surface area contributed by atoms with Crippen LogP contribution in [0.15, 0.2) is 46.9 Å². The molecule has 0 nitrogen and oxygen atoms in total. The summed E-state index contributed by atoms with van der Waals surface area (Å²) in [6.45, 7) is 0. The Balaban J connectivity index is 2.48. The zero-order valence-electron chi connectivity index (χ0n) is 8.63. The van der Waals surface area contributed by atoms with Gasteiger partial charge in [-0.05, 0) is 17.7 Å². The molecule has 0 aliphatic carbocycles. The van der Waals surface area contributed by atoms with Crippen LogP contribution in [0.1, 0.15) is 16.0 Å². The second kappa shape index (κ2) is 5.27. The third kappa shape index (κ3) is 2.75. The zero-order chi connectivity index (χ0) is 12.4. The highest BCUT2D eigenvalue weighted by Gasteiger charge is 2.19. The molecular formula is C13H8Br2F2. The van der Waals surface area contributed by atoms with Gasteiger partial charge in [0.2, 0.25) is 0 Å². The minimum atomic E-state index is -0.567. The molecule has 0 N–H and O–H groups in total. The Morgan fingerprint density at radius 2 is 1.47 bits per heavy atom. The van der Waals surface area contributed by atoms with Crippen molar-refractivity contribution in [2.24, 2.45) is 0 Å². The molecule has 0 heterocycles. The Morgan fingerprint density at radius 3 is 2.00 bits per heavy atom. The molecule has 4 heteroatoms. The third-order valence-electron chi connectivity index (χ3n) is 2.39. The Bertz CT molecular complexity index is 503. The van der Waals surface area contributed by atoms with Crippen LogP contribution in [0.2, 0.25) is 0 Å². The number of alkyl halides is 1. The zero-order valence-corrected chi connectivity index (χ0v) is 11.8. The van der Waals surface area contributed by atoms with Crippen LogP contribution in [0.4, 0.5) is 8.78 Å². The van der Waals surface area contributed by atoms with E-state index in [0.29, 0.717) is 4.47 Å². The van der Waals surface area contributed by atoms with E-state index in [-0.39, 0.29) is 5.56 Å². The summed E-state index contributed by atoms with van der Waals surface area (Å²) >= 11 is 6.38. The molecule has 2 aromatic carbocycles. The molecule has 0 saturated carbocycles. The van der Waals surface area contributed by atoms with Gasteiger partial charge in [0.25, 0.3) is 0 Å². The van der Waals surface area contributed by atoms with Crippen LogP contribution in [0.5, 0.6) is 0 Å². The van der Waals surface area contributed by atoms with Gasteiger partial charge >= 0.3 is 0 Å². The van der Waals surface area contributed by atoms with Gasteiger partial charge in [-0.25, -0.2) is 8.78 Å². The standard InChI is InChI=1S/C13H8Br2F2/c14-9-6-10(16)12(11(17)7-9)13(15)8-4-2-1-3-5-8/h1-7,13H. The second-order valence-corrected chi connectivity index (χ2v) is 5.39. The highest BCUT2D eigenvalue weighted by Crippen LogP contribution is 2.35. The summed E-state index contributed by atoms with van der Waals surface area (Å²) in [7, 11) is 0. The molecule has 0 aliphatic rings. The van der Waals surface area contributed by atoms with Crippen LogP contribution in [0.3, 0.4) is 0 Å². The number of halogens is 4. The predicted octanol–water partition coefficient (Wildman–Crippen LogP) is 5.21. The topological polar surface area (TPSA) is 0 Å². The van der Waals surface area contributed by atoms with Crippen molar-refractivity contribution >= 4 is 31.9 Å². The maximum Gasteiger partial charge on any atom is 0.131 e. The van der Waals surface area contributed by atoms with Crippen LogP contribution in [-0.2, 0) is 0 Å². The first-order valence-electron chi connectivity index (χ1n) is 4.93. The minimum Gasteiger partial charge on any atom is -0.206 e. The van der Waals surface area contributed by atoms with E-state index in [9.17, 15) is 8.78 Å². The van der Waals surface area contributed by atoms with Crippen LogP contribution in [0, 0.1) is 11.6 Å². The fraction of sp³-hybridized carbons (Fsp3) is 0.0769. The van der Waals surface area contributed by atoms with Gasteiger partial charge in [-0.1, -0.05) is 62.2 Å². The van der Waals surface area contributed by atoms with Gasteiger partial charge in [-0.15, -0.1) is 0 Å². The number of hydrogen-bond acceptors (Lipinski definition) is 0. The van der Waals surface area contributed by atoms with E-state index in [4.69, 9.17) is 0 Å². The van der Waals surface area contributed by atoms with E-state index in [1.807, 2.05) is 30.3 Å². The first-order valence-corrected chi connectivity index (χ1v) is 6.64. The molecule has 1 unspecified atom stereocenters. The molecule has 0 amide bonds. The Hall–Kier alpha value is -0.740. The first kappa shape index (κ1) is 12.7. The van der Waals surface area contributed by atoms with Crippen molar-refractivity contribution in [3.05, 3.63) is 69.7 Å². The average molecular weight is 362 g/mol. The van der Waals surface area contributed by atoms with Crippen LogP contribution < -0.4 is 0 Å². The lowest BCUT2D eigenvalue weighted by Gasteiger charge is -2.13. The van der Waals surface area contributed by atoms with Crippen molar-refractivity contribution in [3.8, 4) is 0 Å². The monoisotopic (exact) mass is 360 g/mol. The normalized spacial score (nSPS) is 12.5. The molecule has 88 valence electrons. The van der Waals surface area contributed by atoms with Gasteiger partial charge in [0.1, 0.15) is 11.6 Å². The molecule has 0 saturated heterocycles. The largest absolute Gasteiger partial charge is 0.206 e. The molecule has 0 spiro atoms. The lowest BCUT2D eigenvalue weighted by atomic mass is 10.0. The van der Waals surface area contributed by atoms with E-state index in [2.05, 4.69) is 31.9 Å². The van der Waals surface area contributed by atoms with E-state index >= 15 is 0 Å². The predicted molar refractivity (Wildman–Crippen MR) is 71.3 cm³/mol. The van der Waals surface area contributed by atoms with Gasteiger partial charge < -0.3 is 0 Å². The number of rotatable bonds is 2. The van der Waals surface area contributed by atoms with Crippen molar-refractivity contribution in [1.82, 2.24) is 0 Å². The Labute approximate surface area is 115 Å². The van der Waals surface area contributed by atoms with E-state index in [1.54, 1.807) is 0 Å². The summed E-state index contributed by atoms with van der Waals surface area (Å²) in [5.74, 6) is -1.13. The molecule has 0 fully saturated rings. The summed E-state index contributed by atoms with van der Waals surface area (Å²) in [6, 6.07) is 11.7. The van der Waals surface area contributed by atoms with Crippen molar-refractivity contribution in [2.45, 2.75) is 4.83 Å². The van der Waals surface area contributed by atoms with Gasteiger partial charge in [0.15, 0.2) is 0 Å². The first-order chi connectivity index (χ1) is 8.09. The van der Waals surface area contributed by atoms with E-state index in [0.717, 1.165) is 5.56 Å². The highest BCUT2D eigenvalue weighted by atomic mass is 79.9. The van der Waals surface area contributed by atoms with Crippen molar-refractivity contribution in [2.75, 3.05) is 0 Å². The Kier molecular flexibility index (Phi) is 3.94. The number of hydrogen-bond donors (Lipinski definition) is 0. The quantitative estimate of drug-likeness (QED) is 0.644. The van der Waals surface area contributed by atoms with Crippen LogP contribution in [0.25, 0.3) is 0 Å². The fourth-order valence-corrected chi connectivity index (χ4v) is 2.73. The summed E-state index contributed by atoms with van der Waals surface area (Å²) in [6.07, 6.45) is 0. The van der Waals surface area contributed by atoms with Crippen LogP contribution in [-0.4, -0.2) is 0 Å². The maximum atomic E-state index is 13.7. The SMILES string of the molecule is Fc1cc(Br)cc(F)c1C(Br)c1ccccc1. The molecule has 17 heavy (non-hydrogen) atoms. The maximum absolute atomic E-state index is 13.7. The average Bonchev–Trinajstić information content (AvgIpc) is 2.28. The van der Waals surface area contributed by atoms with Gasteiger partial charge in [-0.2, -0.15) is 0 Å². The molecule has 1 atom stereocenters. The molecule has 0 aromatic heterocycles. The molecular weight excluding hydrogens is 354 g/mol. The third-order valence-corrected chi connectivity index (χ3v) is 3.83. The van der Waals surface area contributed by atoms with Crippen molar-refractivity contribution in [1.29, 1.82) is 0 Å². The lowest BCUT2D eigenvalue weighted by Crippen LogP contribution is -2.00. The second-order valence-electron chi connectivity index (χ2n) is 3.56. The van der Waals surface area contributed by atoms with Crippen LogP contribution >= 0.6 is 31.9 Å². The molecule has 2 aromatic rings. The van der Waals surface area contributed by atoms with Crippen molar-refractivity contribution in [3.63, 3.8) is 0 Å². The minimum absolute atomic E-state index is 0.0272. The van der Waals surface area contributed by atoms with Gasteiger partial charge in [-0.3, -0.25) is 0 Å². The number of benzene rings is 2. The summed E-state index contributed by atoms with van der Waals surface area (Å²) in [4.78, 5) is -0.489. The van der Waals surface area contributed by atoms with E-state index in [1.165, 1.54) is 12.1 Å². The Morgan fingerprint density at radius 1 is 0.941 bits per heavy atom. The van der Waals surface area contributed by atoms with E-state index < -0.39 is 16.5 Å².